The molecule has 8 bridgehead atoms. The van der Waals surface area contributed by atoms with Gasteiger partial charge in [0.15, 0.2) is 0 Å². The zero-order valence-corrected chi connectivity index (χ0v) is 44.8. The van der Waals surface area contributed by atoms with E-state index < -0.39 is 0 Å². The second-order valence-corrected chi connectivity index (χ2v) is 23.7. The van der Waals surface area contributed by atoms with Crippen molar-refractivity contribution in [2.24, 2.45) is 0 Å². The van der Waals surface area contributed by atoms with Crippen LogP contribution in [-0.4, -0.2) is 49.2 Å². The van der Waals surface area contributed by atoms with E-state index in [9.17, 15) is 19.8 Å². The molecule has 0 unspecified atom stereocenters. The topological polar surface area (TPSA) is 112 Å². The Morgan fingerprint density at radius 3 is 0.917 bits per heavy atom. The van der Waals surface area contributed by atoms with Crippen LogP contribution in [-0.2, 0) is 47.3 Å². The third kappa shape index (κ3) is 13.1. The van der Waals surface area contributed by atoms with Crippen LogP contribution in [0.5, 0.6) is 34.5 Å². The summed E-state index contributed by atoms with van der Waals surface area (Å²) in [4.78, 5) is 22.9. The number of phenols is 2. The van der Waals surface area contributed by atoms with Gasteiger partial charge in [0.1, 0.15) is 47.1 Å². The lowest BCUT2D eigenvalue weighted by Crippen LogP contribution is -2.17. The van der Waals surface area contributed by atoms with Crippen molar-refractivity contribution in [2.75, 3.05) is 26.4 Å². The predicted molar refractivity (Wildman–Crippen MR) is 290 cm³/mol. The van der Waals surface area contributed by atoms with Crippen LogP contribution < -0.4 is 18.9 Å². The lowest BCUT2D eigenvalue weighted by atomic mass is 9.79. The van der Waals surface area contributed by atoms with Crippen molar-refractivity contribution < 1.29 is 38.7 Å². The Balaban J connectivity index is 1.40. The number of benzene rings is 6. The number of aldehydes is 2. The predicted octanol–water partition coefficient (Wildman–Crippen LogP) is 14.3. The highest BCUT2D eigenvalue weighted by atomic mass is 16.5. The molecule has 7 rings (SSSR count). The first kappa shape index (κ1) is 53.3. The quantitative estimate of drug-likeness (QED) is 0.0819. The van der Waals surface area contributed by atoms with Crippen molar-refractivity contribution in [2.45, 2.75) is 143 Å². The van der Waals surface area contributed by atoms with Crippen LogP contribution in [0.2, 0.25) is 0 Å². The summed E-state index contributed by atoms with van der Waals surface area (Å²) in [5, 5.41) is 25.4. The Labute approximate surface area is 428 Å². The van der Waals surface area contributed by atoms with Crippen molar-refractivity contribution in [1.82, 2.24) is 0 Å². The van der Waals surface area contributed by atoms with Gasteiger partial charge in [0, 0.05) is 49.7 Å². The fraction of sp³-hybridized carbons (Fsp3) is 0.406. The van der Waals surface area contributed by atoms with E-state index in [2.05, 4.69) is 132 Å². The number of rotatable bonds is 14. The highest BCUT2D eigenvalue weighted by Crippen LogP contribution is 2.44. The molecule has 380 valence electrons. The maximum atomic E-state index is 12.7. The number of hydrogen-bond acceptors (Lipinski definition) is 8. The van der Waals surface area contributed by atoms with Crippen molar-refractivity contribution in [3.63, 3.8) is 0 Å². The van der Waals surface area contributed by atoms with Crippen molar-refractivity contribution in [3.05, 3.63) is 175 Å². The van der Waals surface area contributed by atoms with Gasteiger partial charge < -0.3 is 29.2 Å². The molecule has 0 spiro atoms. The van der Waals surface area contributed by atoms with E-state index >= 15 is 0 Å². The fourth-order valence-corrected chi connectivity index (χ4v) is 9.22. The molecular formula is C64H76O8. The second-order valence-electron chi connectivity index (χ2n) is 23.7. The molecule has 0 amide bonds. The Morgan fingerprint density at radius 2 is 0.653 bits per heavy atom. The molecule has 1 aliphatic carbocycles. The Morgan fingerprint density at radius 1 is 0.389 bits per heavy atom. The number of ether oxygens (including phenoxy) is 4. The molecule has 0 heterocycles. The second kappa shape index (κ2) is 21.7. The van der Waals surface area contributed by atoms with E-state index in [1.54, 1.807) is 24.3 Å². The van der Waals surface area contributed by atoms with E-state index in [1.807, 2.05) is 24.3 Å². The van der Waals surface area contributed by atoms with Crippen LogP contribution in [0.4, 0.5) is 0 Å². The maximum Gasteiger partial charge on any atom is 0.150 e. The molecule has 0 atom stereocenters. The Bertz CT molecular complexity index is 2620. The summed E-state index contributed by atoms with van der Waals surface area (Å²) in [5.41, 5.74) is 11.6. The van der Waals surface area contributed by atoms with Gasteiger partial charge >= 0.3 is 0 Å². The zero-order valence-electron chi connectivity index (χ0n) is 44.8. The van der Waals surface area contributed by atoms with Gasteiger partial charge in [-0.2, -0.15) is 0 Å². The van der Waals surface area contributed by atoms with E-state index in [-0.39, 0.29) is 33.2 Å². The van der Waals surface area contributed by atoms with Gasteiger partial charge in [-0.3, -0.25) is 9.59 Å². The number of hydrogen-bond donors (Lipinski definition) is 2. The number of fused-ring (bicyclic) bond motifs is 8. The van der Waals surface area contributed by atoms with Gasteiger partial charge in [-0.05, 0) is 113 Å². The zero-order chi connectivity index (χ0) is 52.2. The maximum absolute atomic E-state index is 12.7. The molecule has 6 aromatic carbocycles. The lowest BCUT2D eigenvalue weighted by Gasteiger charge is -2.28. The van der Waals surface area contributed by atoms with Crippen LogP contribution in [0.3, 0.4) is 0 Å². The molecule has 1 aliphatic rings. The van der Waals surface area contributed by atoms with Crippen molar-refractivity contribution in [1.29, 1.82) is 0 Å². The van der Waals surface area contributed by atoms with Gasteiger partial charge in [0.2, 0.25) is 0 Å². The Hall–Kier alpha value is -6.54. The van der Waals surface area contributed by atoms with Crippen molar-refractivity contribution in [3.8, 4) is 34.5 Å². The smallest absolute Gasteiger partial charge is 0.150 e. The minimum absolute atomic E-state index is 0.231. The third-order valence-electron chi connectivity index (χ3n) is 13.6. The van der Waals surface area contributed by atoms with Crippen LogP contribution >= 0.6 is 0 Å². The SMILES string of the molecule is CC(C)(C)c1cc2c(O)c(c1)Cc1cc(C(C)(C)C)cc(c1OCCCOc1cccc(C=O)c1)Cc1cc(C(C)(C)C)cc(c1O)Cc1cc(C(C)(C)C)cc(c1OCCCOc1cccc(C=O)c1)C2. The number of carbonyl (C=O) groups excluding carboxylic acids is 2. The number of phenolic OH excluding ortho intramolecular Hbond substituents is 2. The number of carbonyl (C=O) groups is 2. The van der Waals surface area contributed by atoms with Gasteiger partial charge in [-0.1, -0.05) is 156 Å². The van der Waals surface area contributed by atoms with Crippen LogP contribution in [0.15, 0.2) is 97.1 Å². The molecule has 0 aliphatic heterocycles. The molecule has 8 nitrogen and oxygen atoms in total. The average molecular weight is 973 g/mol. The van der Waals surface area contributed by atoms with Crippen LogP contribution in [0, 0.1) is 0 Å². The van der Waals surface area contributed by atoms with Crippen molar-refractivity contribution >= 4 is 12.6 Å². The van der Waals surface area contributed by atoms with Gasteiger partial charge in [-0.15, -0.1) is 0 Å². The first-order valence-electron chi connectivity index (χ1n) is 25.6. The van der Waals surface area contributed by atoms with E-state index in [4.69, 9.17) is 18.9 Å². The van der Waals surface area contributed by atoms with E-state index in [0.29, 0.717) is 87.6 Å². The summed E-state index contributed by atoms with van der Waals surface area (Å²) in [7, 11) is 0. The molecule has 0 fully saturated rings. The summed E-state index contributed by atoms with van der Waals surface area (Å²) >= 11 is 0. The molecule has 0 aromatic heterocycles. The molecule has 8 heteroatoms. The summed E-state index contributed by atoms with van der Waals surface area (Å²) < 4.78 is 26.0. The molecule has 72 heavy (non-hydrogen) atoms. The number of aromatic hydroxyl groups is 2. The summed E-state index contributed by atoms with van der Waals surface area (Å²) in [6.45, 7) is 28.0. The first-order valence-corrected chi connectivity index (χ1v) is 25.6. The summed E-state index contributed by atoms with van der Waals surface area (Å²) in [5.74, 6) is 3.21. The molecular weight excluding hydrogens is 897 g/mol. The fourth-order valence-electron chi connectivity index (χ4n) is 9.22. The van der Waals surface area contributed by atoms with Crippen LogP contribution in [0.25, 0.3) is 0 Å². The minimum atomic E-state index is -0.241. The molecule has 6 aromatic rings. The molecule has 0 saturated heterocycles. The molecule has 0 radical (unpaired) electrons. The normalized spacial score (nSPS) is 13.1. The summed E-state index contributed by atoms with van der Waals surface area (Å²) in [6.07, 6.45) is 4.38. The highest BCUT2D eigenvalue weighted by Gasteiger charge is 2.29. The largest absolute Gasteiger partial charge is 0.507 e. The van der Waals surface area contributed by atoms with E-state index in [1.165, 1.54) is 0 Å². The monoisotopic (exact) mass is 973 g/mol. The standard InChI is InChI=1S/C64H76O8/c1-61(2,3)51-31-43-27-47-35-53(63(7,8)9)37-49(59(47)71-23-15-21-69-55-19-13-17-41(25-55)39-65)29-45-33-52(62(4,5)6)34-46(58(45)68)30-50-38-54(64(10,11)12)36-48(28-44(32-51)57(43)67)60(50)72-24-16-22-70-56-20-14-18-42(26-56)40-66/h13-14,17-20,25-26,31-40,67-68H,15-16,21-24,27-30H2,1-12H3. The summed E-state index contributed by atoms with van der Waals surface area (Å²) in [6, 6.07) is 31.8. The van der Waals surface area contributed by atoms with Gasteiger partial charge in [0.05, 0.1) is 26.4 Å². The van der Waals surface area contributed by atoms with Gasteiger partial charge in [-0.25, -0.2) is 0 Å². The average Bonchev–Trinajstić information content (AvgIpc) is 3.30. The van der Waals surface area contributed by atoms with E-state index in [0.717, 1.165) is 90.8 Å². The Kier molecular flexibility index (Phi) is 16.0. The van der Waals surface area contributed by atoms with Gasteiger partial charge in [0.25, 0.3) is 0 Å². The first-order chi connectivity index (χ1) is 33.9. The van der Waals surface area contributed by atoms with Crippen LogP contribution in [0.1, 0.15) is 183 Å². The molecule has 0 saturated carbocycles. The lowest BCUT2D eigenvalue weighted by molar-refractivity contribution is 0.111. The minimum Gasteiger partial charge on any atom is -0.507 e. The molecule has 2 N–H and O–H groups in total. The highest BCUT2D eigenvalue weighted by molar-refractivity contribution is 5.76. The third-order valence-corrected chi connectivity index (χ3v) is 13.6.